The Hall–Kier alpha value is -1.69. The molecule has 0 atom stereocenters. The number of aryl methyl sites for hydroxylation is 1. The fourth-order valence-corrected chi connectivity index (χ4v) is 1.82. The molecule has 0 saturated carbocycles. The predicted octanol–water partition coefficient (Wildman–Crippen LogP) is -0.0739. The van der Waals surface area contributed by atoms with Gasteiger partial charge in [0.1, 0.15) is 5.82 Å². The average molecular weight is 236 g/mol. The Kier molecular flexibility index (Phi) is 3.53. The lowest BCUT2D eigenvalue weighted by molar-refractivity contribution is 0.0756. The van der Waals surface area contributed by atoms with E-state index in [1.165, 1.54) is 6.20 Å². The highest BCUT2D eigenvalue weighted by Gasteiger charge is 2.21. The van der Waals surface area contributed by atoms with Crippen molar-refractivity contribution in [2.45, 2.75) is 13.3 Å². The van der Waals surface area contributed by atoms with Crippen molar-refractivity contribution in [2.24, 2.45) is 0 Å². The predicted molar refractivity (Wildman–Crippen MR) is 61.8 cm³/mol. The van der Waals surface area contributed by atoms with E-state index in [0.29, 0.717) is 18.9 Å². The molecule has 0 aliphatic carbocycles. The van der Waals surface area contributed by atoms with Crippen molar-refractivity contribution in [3.8, 4) is 5.75 Å². The highest BCUT2D eigenvalue weighted by atomic mass is 16.3. The number of rotatable bonds is 1. The first kappa shape index (κ1) is 11.8. The van der Waals surface area contributed by atoms with Gasteiger partial charge in [0.25, 0.3) is 5.91 Å². The summed E-state index contributed by atoms with van der Waals surface area (Å²) in [5.74, 6) is 0.105. The number of aromatic hydroxyl groups is 1. The van der Waals surface area contributed by atoms with Crippen LogP contribution in [-0.2, 0) is 0 Å². The molecule has 1 aromatic rings. The van der Waals surface area contributed by atoms with Crippen molar-refractivity contribution in [3.05, 3.63) is 17.7 Å². The number of amides is 1. The molecule has 6 nitrogen and oxygen atoms in total. The lowest BCUT2D eigenvalue weighted by atomic mass is 10.3. The van der Waals surface area contributed by atoms with E-state index < -0.39 is 0 Å². The zero-order chi connectivity index (χ0) is 12.3. The third-order valence-corrected chi connectivity index (χ3v) is 2.72. The molecule has 17 heavy (non-hydrogen) atoms. The van der Waals surface area contributed by atoms with Crippen molar-refractivity contribution in [1.29, 1.82) is 0 Å². The Bertz CT molecular complexity index is 414. The summed E-state index contributed by atoms with van der Waals surface area (Å²) in [6.45, 7) is 4.71. The maximum Gasteiger partial charge on any atom is 0.276 e. The molecular formula is C11H16N4O2. The summed E-state index contributed by atoms with van der Waals surface area (Å²) in [5, 5.41) is 12.8. The van der Waals surface area contributed by atoms with Gasteiger partial charge in [-0.2, -0.15) is 0 Å². The van der Waals surface area contributed by atoms with Gasteiger partial charge in [-0.25, -0.2) is 9.97 Å². The van der Waals surface area contributed by atoms with Crippen LogP contribution in [0.1, 0.15) is 22.7 Å². The van der Waals surface area contributed by atoms with Gasteiger partial charge < -0.3 is 15.3 Å². The first-order chi connectivity index (χ1) is 8.18. The SMILES string of the molecule is Cc1ncc(O)c(C(=O)N2CCCNCC2)n1. The molecule has 2 heterocycles. The maximum absolute atomic E-state index is 12.2. The van der Waals surface area contributed by atoms with Crippen LogP contribution in [0.3, 0.4) is 0 Å². The second-order valence-corrected chi connectivity index (χ2v) is 4.05. The first-order valence-electron chi connectivity index (χ1n) is 5.71. The Morgan fingerprint density at radius 1 is 1.47 bits per heavy atom. The van der Waals surface area contributed by atoms with Crippen LogP contribution in [-0.4, -0.2) is 52.1 Å². The Labute approximate surface area is 99.7 Å². The number of nitrogens with zero attached hydrogens (tertiary/aromatic N) is 3. The second kappa shape index (κ2) is 5.09. The van der Waals surface area contributed by atoms with Gasteiger partial charge in [0.2, 0.25) is 0 Å². The lowest BCUT2D eigenvalue weighted by Gasteiger charge is -2.19. The van der Waals surface area contributed by atoms with Crippen molar-refractivity contribution in [2.75, 3.05) is 26.2 Å². The monoisotopic (exact) mass is 236 g/mol. The summed E-state index contributed by atoms with van der Waals surface area (Å²) >= 11 is 0. The quantitative estimate of drug-likeness (QED) is 0.713. The molecule has 6 heteroatoms. The molecule has 0 aromatic carbocycles. The minimum Gasteiger partial charge on any atom is -0.504 e. The van der Waals surface area contributed by atoms with Crippen molar-refractivity contribution >= 4 is 5.91 Å². The number of hydrogen-bond acceptors (Lipinski definition) is 5. The third-order valence-electron chi connectivity index (χ3n) is 2.72. The van der Waals surface area contributed by atoms with Crippen LogP contribution in [0, 0.1) is 6.92 Å². The molecule has 0 bridgehead atoms. The minimum atomic E-state index is -0.225. The van der Waals surface area contributed by atoms with E-state index in [1.54, 1.807) is 11.8 Å². The smallest absolute Gasteiger partial charge is 0.276 e. The highest BCUT2D eigenvalue weighted by Crippen LogP contribution is 2.15. The van der Waals surface area contributed by atoms with Crippen LogP contribution in [0.2, 0.25) is 0 Å². The third kappa shape index (κ3) is 2.71. The van der Waals surface area contributed by atoms with E-state index in [1.807, 2.05) is 0 Å². The van der Waals surface area contributed by atoms with E-state index >= 15 is 0 Å². The first-order valence-corrected chi connectivity index (χ1v) is 5.71. The van der Waals surface area contributed by atoms with Crippen LogP contribution < -0.4 is 5.32 Å². The summed E-state index contributed by atoms with van der Waals surface area (Å²) in [4.78, 5) is 21.7. The zero-order valence-corrected chi connectivity index (χ0v) is 9.81. The summed E-state index contributed by atoms with van der Waals surface area (Å²) in [7, 11) is 0. The van der Waals surface area contributed by atoms with Crippen molar-refractivity contribution in [3.63, 3.8) is 0 Å². The summed E-state index contributed by atoms with van der Waals surface area (Å²) in [6, 6.07) is 0. The fourth-order valence-electron chi connectivity index (χ4n) is 1.82. The molecule has 2 N–H and O–H groups in total. The van der Waals surface area contributed by atoms with E-state index in [-0.39, 0.29) is 17.4 Å². The van der Waals surface area contributed by atoms with E-state index in [0.717, 1.165) is 19.5 Å². The largest absolute Gasteiger partial charge is 0.504 e. The number of nitrogens with one attached hydrogen (secondary N) is 1. The van der Waals surface area contributed by atoms with Crippen LogP contribution in [0.5, 0.6) is 5.75 Å². The van der Waals surface area contributed by atoms with Crippen LogP contribution in [0.25, 0.3) is 0 Å². The molecule has 1 saturated heterocycles. The molecule has 1 aliphatic rings. The topological polar surface area (TPSA) is 78.4 Å². The van der Waals surface area contributed by atoms with E-state index in [4.69, 9.17) is 0 Å². The van der Waals surface area contributed by atoms with E-state index in [2.05, 4.69) is 15.3 Å². The number of carbonyl (C=O) groups excluding carboxylic acids is 1. The van der Waals surface area contributed by atoms with Crippen molar-refractivity contribution < 1.29 is 9.90 Å². The molecule has 1 amide bonds. The summed E-state index contributed by atoms with van der Waals surface area (Å²) in [6.07, 6.45) is 2.18. The Morgan fingerprint density at radius 3 is 3.12 bits per heavy atom. The van der Waals surface area contributed by atoms with Gasteiger partial charge >= 0.3 is 0 Å². The lowest BCUT2D eigenvalue weighted by Crippen LogP contribution is -2.34. The summed E-state index contributed by atoms with van der Waals surface area (Å²) < 4.78 is 0. The molecule has 1 fully saturated rings. The summed E-state index contributed by atoms with van der Waals surface area (Å²) in [5.41, 5.74) is 0.0967. The second-order valence-electron chi connectivity index (χ2n) is 4.05. The molecule has 1 aliphatic heterocycles. The highest BCUT2D eigenvalue weighted by molar-refractivity contribution is 5.94. The Morgan fingerprint density at radius 2 is 2.29 bits per heavy atom. The molecule has 0 unspecified atom stereocenters. The number of aromatic nitrogens is 2. The molecule has 1 aromatic heterocycles. The van der Waals surface area contributed by atoms with Gasteiger partial charge in [-0.1, -0.05) is 0 Å². The molecular weight excluding hydrogens is 220 g/mol. The van der Waals surface area contributed by atoms with Crippen molar-refractivity contribution in [1.82, 2.24) is 20.2 Å². The van der Waals surface area contributed by atoms with Crippen LogP contribution in [0.4, 0.5) is 0 Å². The normalized spacial score (nSPS) is 16.6. The average Bonchev–Trinajstić information content (AvgIpc) is 2.60. The van der Waals surface area contributed by atoms with Gasteiger partial charge in [0.15, 0.2) is 11.4 Å². The zero-order valence-electron chi connectivity index (χ0n) is 9.81. The minimum absolute atomic E-state index is 0.0967. The van der Waals surface area contributed by atoms with Gasteiger partial charge in [0.05, 0.1) is 6.20 Å². The van der Waals surface area contributed by atoms with Gasteiger partial charge in [-0.05, 0) is 19.9 Å². The van der Waals surface area contributed by atoms with Gasteiger partial charge in [-0.15, -0.1) is 0 Å². The van der Waals surface area contributed by atoms with Crippen LogP contribution >= 0.6 is 0 Å². The number of hydrogen-bond donors (Lipinski definition) is 2. The van der Waals surface area contributed by atoms with Crippen LogP contribution in [0.15, 0.2) is 6.20 Å². The molecule has 92 valence electrons. The Balaban J connectivity index is 2.20. The number of carbonyl (C=O) groups is 1. The van der Waals surface area contributed by atoms with Gasteiger partial charge in [0, 0.05) is 19.6 Å². The molecule has 2 rings (SSSR count). The molecule has 0 radical (unpaired) electrons. The van der Waals surface area contributed by atoms with E-state index in [9.17, 15) is 9.90 Å². The van der Waals surface area contributed by atoms with Gasteiger partial charge in [-0.3, -0.25) is 4.79 Å². The fraction of sp³-hybridized carbons (Fsp3) is 0.545. The standard InChI is InChI=1S/C11H16N4O2/c1-8-13-7-9(16)10(14-8)11(17)15-5-2-3-12-4-6-15/h7,12,16H,2-6H2,1H3. The maximum atomic E-state index is 12.2. The molecule has 0 spiro atoms.